The molecule has 16 heavy (non-hydrogen) atoms. The number of sulfone groups is 1. The molecule has 1 saturated carbocycles. The third kappa shape index (κ3) is 6.48. The molecule has 1 fully saturated rings. The van der Waals surface area contributed by atoms with Crippen LogP contribution in [0.1, 0.15) is 39.0 Å². The second-order valence-corrected chi connectivity index (χ2v) is 7.55. The molecule has 1 rings (SSSR count). The fourth-order valence-electron chi connectivity index (χ4n) is 2.31. The van der Waals surface area contributed by atoms with Gasteiger partial charge in [-0.1, -0.05) is 32.6 Å². The zero-order chi connectivity index (χ0) is 12.0. The molecule has 0 radical (unpaired) electrons. The summed E-state index contributed by atoms with van der Waals surface area (Å²) >= 11 is 0. The maximum Gasteiger partial charge on any atom is 0.148 e. The highest BCUT2D eigenvalue weighted by Gasteiger charge is 2.17. The fraction of sp³-hybridized carbons (Fsp3) is 1.00. The lowest BCUT2D eigenvalue weighted by molar-refractivity contribution is 0.276. The molecular formula is C12H25NO2S. The lowest BCUT2D eigenvalue weighted by atomic mass is 9.81. The van der Waals surface area contributed by atoms with Gasteiger partial charge in [0.05, 0.1) is 5.75 Å². The highest BCUT2D eigenvalue weighted by molar-refractivity contribution is 7.90. The molecule has 0 aromatic heterocycles. The van der Waals surface area contributed by atoms with Crippen molar-refractivity contribution in [2.75, 3.05) is 25.1 Å². The van der Waals surface area contributed by atoms with E-state index in [0.29, 0.717) is 6.54 Å². The highest BCUT2D eigenvalue weighted by Crippen LogP contribution is 2.29. The Kier molecular flexibility index (Phi) is 5.76. The topological polar surface area (TPSA) is 46.2 Å². The Hall–Kier alpha value is -0.0900. The summed E-state index contributed by atoms with van der Waals surface area (Å²) < 4.78 is 21.8. The summed E-state index contributed by atoms with van der Waals surface area (Å²) in [7, 11) is -2.80. The van der Waals surface area contributed by atoms with Gasteiger partial charge in [-0.05, 0) is 24.8 Å². The SMILES string of the molecule is CC1CCC(CCNCCS(C)(=O)=O)CC1. The van der Waals surface area contributed by atoms with E-state index in [0.717, 1.165) is 18.4 Å². The van der Waals surface area contributed by atoms with E-state index >= 15 is 0 Å². The predicted molar refractivity (Wildman–Crippen MR) is 68.3 cm³/mol. The molecule has 96 valence electrons. The molecule has 0 aromatic carbocycles. The molecule has 1 N–H and O–H groups in total. The van der Waals surface area contributed by atoms with Crippen molar-refractivity contribution in [1.29, 1.82) is 0 Å². The molecule has 1 aliphatic rings. The van der Waals surface area contributed by atoms with Crippen LogP contribution < -0.4 is 5.32 Å². The van der Waals surface area contributed by atoms with Crippen molar-refractivity contribution in [3.05, 3.63) is 0 Å². The molecule has 0 atom stereocenters. The van der Waals surface area contributed by atoms with Gasteiger partial charge < -0.3 is 5.32 Å². The summed E-state index contributed by atoms with van der Waals surface area (Å²) in [6.45, 7) is 3.90. The van der Waals surface area contributed by atoms with Gasteiger partial charge in [-0.15, -0.1) is 0 Å². The summed E-state index contributed by atoms with van der Waals surface area (Å²) in [6.07, 6.45) is 7.94. The van der Waals surface area contributed by atoms with Crippen LogP contribution in [0.2, 0.25) is 0 Å². The van der Waals surface area contributed by atoms with E-state index in [1.165, 1.54) is 38.4 Å². The average molecular weight is 247 g/mol. The van der Waals surface area contributed by atoms with Crippen molar-refractivity contribution >= 4 is 9.84 Å². The van der Waals surface area contributed by atoms with Crippen LogP contribution in [-0.4, -0.2) is 33.5 Å². The van der Waals surface area contributed by atoms with E-state index < -0.39 is 9.84 Å². The molecule has 0 aliphatic heterocycles. The largest absolute Gasteiger partial charge is 0.316 e. The van der Waals surface area contributed by atoms with Crippen LogP contribution in [0.3, 0.4) is 0 Å². The Bertz CT molecular complexity index is 279. The van der Waals surface area contributed by atoms with Gasteiger partial charge in [0.1, 0.15) is 9.84 Å². The minimum Gasteiger partial charge on any atom is -0.316 e. The van der Waals surface area contributed by atoms with Gasteiger partial charge >= 0.3 is 0 Å². The quantitative estimate of drug-likeness (QED) is 0.729. The molecule has 3 nitrogen and oxygen atoms in total. The maximum atomic E-state index is 10.9. The standard InChI is InChI=1S/C12H25NO2S/c1-11-3-5-12(6-4-11)7-8-13-9-10-16(2,14)15/h11-13H,3-10H2,1-2H3. The molecule has 0 bridgehead atoms. The maximum absolute atomic E-state index is 10.9. The molecule has 0 heterocycles. The van der Waals surface area contributed by atoms with E-state index in [1.807, 2.05) is 0 Å². The van der Waals surface area contributed by atoms with E-state index in [4.69, 9.17) is 0 Å². The minimum absolute atomic E-state index is 0.259. The van der Waals surface area contributed by atoms with E-state index in [-0.39, 0.29) is 5.75 Å². The van der Waals surface area contributed by atoms with Crippen LogP contribution in [0, 0.1) is 11.8 Å². The predicted octanol–water partition coefficient (Wildman–Crippen LogP) is 1.84. The first kappa shape index (κ1) is 14.0. The van der Waals surface area contributed by atoms with E-state index in [1.54, 1.807) is 0 Å². The highest BCUT2D eigenvalue weighted by atomic mass is 32.2. The Morgan fingerprint density at radius 2 is 1.75 bits per heavy atom. The van der Waals surface area contributed by atoms with Gasteiger partial charge in [-0.25, -0.2) is 8.42 Å². The second-order valence-electron chi connectivity index (χ2n) is 5.29. The molecule has 1 aliphatic carbocycles. The first-order chi connectivity index (χ1) is 7.47. The normalized spacial score (nSPS) is 26.9. The summed E-state index contributed by atoms with van der Waals surface area (Å²) in [5.74, 6) is 2.03. The lowest BCUT2D eigenvalue weighted by Gasteiger charge is -2.26. The number of hydrogen-bond donors (Lipinski definition) is 1. The third-order valence-corrected chi connectivity index (χ3v) is 4.46. The van der Waals surface area contributed by atoms with Gasteiger partial charge in [0, 0.05) is 12.8 Å². The van der Waals surface area contributed by atoms with E-state index in [2.05, 4.69) is 12.2 Å². The van der Waals surface area contributed by atoms with Crippen molar-refractivity contribution in [1.82, 2.24) is 5.32 Å². The van der Waals surface area contributed by atoms with Crippen LogP contribution in [0.5, 0.6) is 0 Å². The summed E-state index contributed by atoms with van der Waals surface area (Å²) in [4.78, 5) is 0. The van der Waals surface area contributed by atoms with Gasteiger partial charge in [0.15, 0.2) is 0 Å². The molecular weight excluding hydrogens is 222 g/mol. The van der Waals surface area contributed by atoms with Crippen LogP contribution >= 0.6 is 0 Å². The molecule has 0 amide bonds. The monoisotopic (exact) mass is 247 g/mol. The molecule has 0 saturated heterocycles. The zero-order valence-corrected chi connectivity index (χ0v) is 11.4. The van der Waals surface area contributed by atoms with Crippen LogP contribution in [0.4, 0.5) is 0 Å². The van der Waals surface area contributed by atoms with Gasteiger partial charge in [0.2, 0.25) is 0 Å². The molecule has 0 spiro atoms. The lowest BCUT2D eigenvalue weighted by Crippen LogP contribution is -2.25. The first-order valence-electron chi connectivity index (χ1n) is 6.36. The molecule has 0 unspecified atom stereocenters. The first-order valence-corrected chi connectivity index (χ1v) is 8.42. The zero-order valence-electron chi connectivity index (χ0n) is 10.5. The summed E-state index contributed by atoms with van der Waals surface area (Å²) in [6, 6.07) is 0. The average Bonchev–Trinajstić information content (AvgIpc) is 2.19. The van der Waals surface area contributed by atoms with Crippen molar-refractivity contribution in [2.24, 2.45) is 11.8 Å². The van der Waals surface area contributed by atoms with Gasteiger partial charge in [-0.3, -0.25) is 0 Å². The van der Waals surface area contributed by atoms with Crippen LogP contribution in [-0.2, 0) is 9.84 Å². The van der Waals surface area contributed by atoms with Crippen LogP contribution in [0.25, 0.3) is 0 Å². The van der Waals surface area contributed by atoms with Crippen molar-refractivity contribution in [3.8, 4) is 0 Å². The Morgan fingerprint density at radius 1 is 1.12 bits per heavy atom. The fourth-order valence-corrected chi connectivity index (χ4v) is 2.82. The van der Waals surface area contributed by atoms with Crippen molar-refractivity contribution in [3.63, 3.8) is 0 Å². The van der Waals surface area contributed by atoms with Crippen molar-refractivity contribution < 1.29 is 8.42 Å². The molecule has 4 heteroatoms. The molecule has 0 aromatic rings. The Morgan fingerprint density at radius 3 is 2.31 bits per heavy atom. The third-order valence-electron chi connectivity index (χ3n) is 3.51. The minimum atomic E-state index is -2.80. The number of rotatable bonds is 6. The van der Waals surface area contributed by atoms with E-state index in [9.17, 15) is 8.42 Å². The summed E-state index contributed by atoms with van der Waals surface area (Å²) in [5, 5.41) is 3.22. The summed E-state index contributed by atoms with van der Waals surface area (Å²) in [5.41, 5.74) is 0. The Balaban J connectivity index is 1.99. The Labute approximate surface area is 99.9 Å². The van der Waals surface area contributed by atoms with Gasteiger partial charge in [-0.2, -0.15) is 0 Å². The van der Waals surface area contributed by atoms with Gasteiger partial charge in [0.25, 0.3) is 0 Å². The van der Waals surface area contributed by atoms with Crippen molar-refractivity contribution in [2.45, 2.75) is 39.0 Å². The number of nitrogens with one attached hydrogen (secondary N) is 1. The smallest absolute Gasteiger partial charge is 0.148 e. The second kappa shape index (κ2) is 6.60. The number of hydrogen-bond acceptors (Lipinski definition) is 3. The van der Waals surface area contributed by atoms with Crippen LogP contribution in [0.15, 0.2) is 0 Å².